The Labute approximate surface area is 168 Å². The minimum Gasteiger partial charge on any atom is -0.496 e. The second kappa shape index (κ2) is 7.40. The van der Waals surface area contributed by atoms with Crippen molar-refractivity contribution in [1.29, 1.82) is 0 Å². The Balaban J connectivity index is 1.52. The first-order valence-electron chi connectivity index (χ1n) is 10.3. The van der Waals surface area contributed by atoms with E-state index < -0.39 is 0 Å². The van der Waals surface area contributed by atoms with Crippen LogP contribution < -0.4 is 9.64 Å². The Hall–Kier alpha value is -2.07. The van der Waals surface area contributed by atoms with Crippen molar-refractivity contribution in [1.82, 2.24) is 4.90 Å². The van der Waals surface area contributed by atoms with Crippen LogP contribution in [0.15, 0.2) is 42.5 Å². The van der Waals surface area contributed by atoms with Crippen LogP contribution in [-0.4, -0.2) is 36.7 Å². The van der Waals surface area contributed by atoms with Gasteiger partial charge in [-0.1, -0.05) is 24.3 Å². The molecule has 2 fully saturated rings. The van der Waals surface area contributed by atoms with Crippen molar-refractivity contribution in [3.8, 4) is 5.75 Å². The molecule has 0 aliphatic carbocycles. The lowest BCUT2D eigenvalue weighted by molar-refractivity contribution is 0.159. The lowest BCUT2D eigenvalue weighted by Gasteiger charge is -2.42. The second-order valence-corrected chi connectivity index (χ2v) is 8.98. The van der Waals surface area contributed by atoms with Crippen LogP contribution in [-0.2, 0) is 6.54 Å². The maximum Gasteiger partial charge on any atom is 0.126 e. The summed E-state index contributed by atoms with van der Waals surface area (Å²) in [4.78, 5) is 5.04. The van der Waals surface area contributed by atoms with Gasteiger partial charge in [0.15, 0.2) is 0 Å². The van der Waals surface area contributed by atoms with Gasteiger partial charge in [-0.05, 0) is 63.3 Å². The van der Waals surface area contributed by atoms with Crippen LogP contribution >= 0.6 is 0 Å². The molecule has 0 N–H and O–H groups in total. The molecule has 2 aliphatic rings. The predicted molar refractivity (Wildman–Crippen MR) is 112 cm³/mol. The molecular formula is C24H31FN2O. The van der Waals surface area contributed by atoms with E-state index in [1.165, 1.54) is 17.2 Å². The summed E-state index contributed by atoms with van der Waals surface area (Å²) in [5, 5.41) is 0. The normalized spacial score (nSPS) is 24.2. The number of nitrogens with zero attached hydrogens (tertiary/aromatic N) is 2. The van der Waals surface area contributed by atoms with Gasteiger partial charge in [0.25, 0.3) is 0 Å². The van der Waals surface area contributed by atoms with E-state index >= 15 is 0 Å². The van der Waals surface area contributed by atoms with Crippen LogP contribution in [0.3, 0.4) is 0 Å². The zero-order valence-corrected chi connectivity index (χ0v) is 17.4. The van der Waals surface area contributed by atoms with Crippen LogP contribution in [0.25, 0.3) is 0 Å². The molecule has 3 nitrogen and oxygen atoms in total. The fourth-order valence-corrected chi connectivity index (χ4v) is 5.51. The van der Waals surface area contributed by atoms with Gasteiger partial charge in [0.1, 0.15) is 11.6 Å². The molecule has 0 amide bonds. The van der Waals surface area contributed by atoms with E-state index in [9.17, 15) is 4.39 Å². The maximum atomic E-state index is 13.9. The number of likely N-dealkylation sites (tertiary alicyclic amines) is 1. The van der Waals surface area contributed by atoms with Gasteiger partial charge in [-0.2, -0.15) is 0 Å². The number of anilines is 1. The number of fused-ring (bicyclic) bond motifs is 1. The number of ether oxygens (including phenoxy) is 1. The molecule has 0 spiro atoms. The minimum atomic E-state index is -0.152. The number of hydrogen-bond acceptors (Lipinski definition) is 3. The van der Waals surface area contributed by atoms with Gasteiger partial charge in [-0.3, -0.25) is 4.90 Å². The number of rotatable bonds is 4. The summed E-state index contributed by atoms with van der Waals surface area (Å²) in [6.07, 6.45) is 2.24. The third-order valence-corrected chi connectivity index (χ3v) is 6.50. The van der Waals surface area contributed by atoms with E-state index in [2.05, 4.69) is 54.8 Å². The van der Waals surface area contributed by atoms with Gasteiger partial charge >= 0.3 is 0 Å². The number of methoxy groups -OCH3 is 1. The summed E-state index contributed by atoms with van der Waals surface area (Å²) >= 11 is 0. The van der Waals surface area contributed by atoms with Gasteiger partial charge in [0.2, 0.25) is 0 Å². The van der Waals surface area contributed by atoms with E-state index in [0.717, 1.165) is 43.9 Å². The first-order valence-corrected chi connectivity index (χ1v) is 10.3. The summed E-state index contributed by atoms with van der Waals surface area (Å²) in [7, 11) is 1.76. The van der Waals surface area contributed by atoms with Crippen molar-refractivity contribution in [3.63, 3.8) is 0 Å². The summed E-state index contributed by atoms with van der Waals surface area (Å²) in [6.45, 7) is 9.75. The maximum absolute atomic E-state index is 13.9. The molecule has 0 unspecified atom stereocenters. The van der Waals surface area contributed by atoms with E-state index in [4.69, 9.17) is 4.74 Å². The number of piperidine rings is 1. The van der Waals surface area contributed by atoms with Crippen LogP contribution in [0.2, 0.25) is 0 Å². The lowest BCUT2D eigenvalue weighted by atomic mass is 9.89. The third kappa shape index (κ3) is 3.50. The van der Waals surface area contributed by atoms with Crippen LogP contribution in [0.5, 0.6) is 5.75 Å². The highest BCUT2D eigenvalue weighted by Gasteiger charge is 2.48. The molecule has 0 saturated carbocycles. The van der Waals surface area contributed by atoms with Crippen molar-refractivity contribution in [2.75, 3.05) is 25.1 Å². The highest BCUT2D eigenvalue weighted by atomic mass is 19.1. The Morgan fingerprint density at radius 3 is 2.71 bits per heavy atom. The van der Waals surface area contributed by atoms with Crippen molar-refractivity contribution in [3.05, 3.63) is 59.4 Å². The first-order chi connectivity index (χ1) is 13.4. The molecule has 0 radical (unpaired) electrons. The minimum absolute atomic E-state index is 0.0418. The highest BCUT2D eigenvalue weighted by Crippen LogP contribution is 2.45. The summed E-state index contributed by atoms with van der Waals surface area (Å²) < 4.78 is 19.5. The van der Waals surface area contributed by atoms with Crippen LogP contribution in [0.4, 0.5) is 10.1 Å². The molecule has 2 atom stereocenters. The van der Waals surface area contributed by atoms with Crippen molar-refractivity contribution >= 4 is 5.69 Å². The molecule has 0 bridgehead atoms. The number of hydrogen-bond donors (Lipinski definition) is 0. The number of halogens is 1. The van der Waals surface area contributed by atoms with Crippen molar-refractivity contribution in [2.24, 2.45) is 5.92 Å². The Kier molecular flexibility index (Phi) is 5.09. The first kappa shape index (κ1) is 19.3. The van der Waals surface area contributed by atoms with Gasteiger partial charge in [-0.25, -0.2) is 4.39 Å². The molecule has 0 aromatic heterocycles. The topological polar surface area (TPSA) is 15.7 Å². The van der Waals surface area contributed by atoms with Gasteiger partial charge in [0.05, 0.1) is 7.11 Å². The number of para-hydroxylation sites is 1. The van der Waals surface area contributed by atoms with Crippen molar-refractivity contribution in [2.45, 2.75) is 51.7 Å². The molecule has 2 heterocycles. The molecule has 150 valence electrons. The van der Waals surface area contributed by atoms with Gasteiger partial charge < -0.3 is 9.64 Å². The summed E-state index contributed by atoms with van der Waals surface area (Å²) in [5.41, 5.74) is 3.51. The summed E-state index contributed by atoms with van der Waals surface area (Å²) in [5.74, 6) is 1.46. The number of benzene rings is 2. The monoisotopic (exact) mass is 382 g/mol. The van der Waals surface area contributed by atoms with Crippen LogP contribution in [0, 0.1) is 18.7 Å². The smallest absolute Gasteiger partial charge is 0.126 e. The molecule has 2 aromatic carbocycles. The molecule has 2 saturated heterocycles. The number of aryl methyl sites for hydroxylation is 1. The fourth-order valence-electron chi connectivity index (χ4n) is 5.51. The molecule has 2 aliphatic heterocycles. The molecular weight excluding hydrogens is 351 g/mol. The summed E-state index contributed by atoms with van der Waals surface area (Å²) in [6, 6.07) is 14.0. The highest BCUT2D eigenvalue weighted by molar-refractivity contribution is 5.52. The molecule has 4 heteroatoms. The Morgan fingerprint density at radius 2 is 1.96 bits per heavy atom. The second-order valence-electron chi connectivity index (χ2n) is 8.98. The van der Waals surface area contributed by atoms with E-state index in [0.29, 0.717) is 12.0 Å². The third-order valence-electron chi connectivity index (χ3n) is 6.50. The SMILES string of the molecule is COc1c(C)cccc1CN1CC[C@H]2[C@@H](C1)CC(C)(C)N2c1cccc(F)c1. The van der Waals surface area contributed by atoms with E-state index in [1.54, 1.807) is 13.2 Å². The largest absolute Gasteiger partial charge is 0.496 e. The average molecular weight is 383 g/mol. The molecule has 28 heavy (non-hydrogen) atoms. The Bertz CT molecular complexity index is 850. The van der Waals surface area contributed by atoms with Gasteiger partial charge in [-0.15, -0.1) is 0 Å². The molecule has 4 rings (SSSR count). The van der Waals surface area contributed by atoms with Crippen molar-refractivity contribution < 1.29 is 9.13 Å². The standard InChI is InChI=1S/C24H31FN2O/c1-17-7-5-8-18(23(17)28-4)15-26-12-11-22-19(16-26)14-24(2,3)27(22)21-10-6-9-20(25)13-21/h5-10,13,19,22H,11-12,14-16H2,1-4H3/t19-,22+/m1/s1. The lowest BCUT2D eigenvalue weighted by Crippen LogP contribution is -2.48. The fraction of sp³-hybridized carbons (Fsp3) is 0.500. The zero-order chi connectivity index (χ0) is 19.9. The molecule has 2 aromatic rings. The van der Waals surface area contributed by atoms with Gasteiger partial charge in [0, 0.05) is 42.5 Å². The van der Waals surface area contributed by atoms with Crippen LogP contribution in [0.1, 0.15) is 37.8 Å². The quantitative estimate of drug-likeness (QED) is 0.738. The average Bonchev–Trinajstić information content (AvgIpc) is 2.91. The van der Waals surface area contributed by atoms with E-state index in [1.807, 2.05) is 6.07 Å². The predicted octanol–water partition coefficient (Wildman–Crippen LogP) is 5.02. The zero-order valence-electron chi connectivity index (χ0n) is 17.4. The Morgan fingerprint density at radius 1 is 1.18 bits per heavy atom. The van der Waals surface area contributed by atoms with E-state index in [-0.39, 0.29) is 11.4 Å².